The lowest BCUT2D eigenvalue weighted by molar-refractivity contribution is 0.171. The van der Waals surface area contributed by atoms with Crippen LogP contribution in [0.15, 0.2) is 43.4 Å². The van der Waals surface area contributed by atoms with E-state index in [1.807, 2.05) is 13.8 Å². The van der Waals surface area contributed by atoms with Crippen molar-refractivity contribution < 1.29 is 9.26 Å². The number of aliphatic imine (C=N–C) groups is 1. The van der Waals surface area contributed by atoms with Gasteiger partial charge in [-0.3, -0.25) is 0 Å². The number of benzene rings is 1. The van der Waals surface area contributed by atoms with Crippen LogP contribution in [0, 0.1) is 12.8 Å². The summed E-state index contributed by atoms with van der Waals surface area (Å²) in [4.78, 5) is 38.4. The van der Waals surface area contributed by atoms with Crippen LogP contribution in [0.5, 0.6) is 5.88 Å². The molecule has 0 spiro atoms. The Bertz CT molecular complexity index is 1360. The van der Waals surface area contributed by atoms with Crippen LogP contribution in [0.25, 0.3) is 0 Å². The standard InChI is InChI=1S/C24H28N6O4/c1-13-26-20(25)18-21(27-13)33-24(2,3)19(28-18)17-10-8-16(9-11-17)15-6-4-14(5-7-15)12-30-22(31)29-23(32)34-30/h8-11,14-15H,4-7,12H2,1-3H3,(H2,25,26,27)(H,29,31,32)/t14-,15-. The molecule has 0 unspecified atom stereocenters. The summed E-state index contributed by atoms with van der Waals surface area (Å²) < 4.78 is 12.2. The van der Waals surface area contributed by atoms with Crippen molar-refractivity contribution >= 4 is 17.2 Å². The van der Waals surface area contributed by atoms with Crippen molar-refractivity contribution in [1.82, 2.24) is 19.7 Å². The summed E-state index contributed by atoms with van der Waals surface area (Å²) in [6.45, 7) is 6.15. The van der Waals surface area contributed by atoms with Crippen LogP contribution in [0.2, 0.25) is 0 Å². The summed E-state index contributed by atoms with van der Waals surface area (Å²) in [7, 11) is 0. The van der Waals surface area contributed by atoms with Gasteiger partial charge in [-0.15, -0.1) is 0 Å². The van der Waals surface area contributed by atoms with Gasteiger partial charge in [0, 0.05) is 5.56 Å². The van der Waals surface area contributed by atoms with E-state index in [1.165, 1.54) is 5.56 Å². The molecule has 1 aromatic carbocycles. The number of H-pyrrole nitrogens is 1. The van der Waals surface area contributed by atoms with Crippen LogP contribution >= 0.6 is 0 Å². The SMILES string of the molecule is Cc1nc(N)c2c(n1)OC(C)(C)C(c1ccc([C@H]3CC[C@H](Cn4oc(=O)[nH]c4=O)CC3)cc1)=N2. The molecule has 3 aromatic rings. The van der Waals surface area contributed by atoms with Gasteiger partial charge in [0.2, 0.25) is 5.88 Å². The number of hydrogen-bond donors (Lipinski definition) is 2. The number of rotatable bonds is 4. The number of nitrogens with two attached hydrogens (primary N) is 1. The number of nitrogens with one attached hydrogen (secondary N) is 1. The predicted molar refractivity (Wildman–Crippen MR) is 127 cm³/mol. The van der Waals surface area contributed by atoms with Crippen LogP contribution in [0.3, 0.4) is 0 Å². The van der Waals surface area contributed by atoms with Gasteiger partial charge in [-0.2, -0.15) is 9.72 Å². The molecule has 5 rings (SSSR count). The first-order valence-electron chi connectivity index (χ1n) is 11.5. The maximum atomic E-state index is 11.7. The lowest BCUT2D eigenvalue weighted by Gasteiger charge is -2.32. The average Bonchev–Trinajstić information content (AvgIpc) is 3.09. The summed E-state index contributed by atoms with van der Waals surface area (Å²) in [5.41, 5.74) is 8.44. The van der Waals surface area contributed by atoms with E-state index in [-0.39, 0.29) is 0 Å². The quantitative estimate of drug-likeness (QED) is 0.604. The molecule has 2 aromatic heterocycles. The molecule has 34 heavy (non-hydrogen) atoms. The molecule has 3 heterocycles. The number of aromatic nitrogens is 4. The highest BCUT2D eigenvalue weighted by Gasteiger charge is 2.35. The lowest BCUT2D eigenvalue weighted by Crippen LogP contribution is -2.41. The highest BCUT2D eigenvalue weighted by molar-refractivity contribution is 6.09. The van der Waals surface area contributed by atoms with E-state index in [1.54, 1.807) is 6.92 Å². The number of fused-ring (bicyclic) bond motifs is 1. The fraction of sp³-hybridized carbons (Fsp3) is 0.458. The number of nitrogens with zero attached hydrogens (tertiary/aromatic N) is 4. The molecule has 1 saturated carbocycles. The molecule has 0 radical (unpaired) electrons. The van der Waals surface area contributed by atoms with E-state index in [4.69, 9.17) is 20.0 Å². The third-order valence-electron chi connectivity index (χ3n) is 6.69. The van der Waals surface area contributed by atoms with Gasteiger partial charge >= 0.3 is 11.4 Å². The zero-order valence-electron chi connectivity index (χ0n) is 19.5. The first-order valence-corrected chi connectivity index (χ1v) is 11.5. The van der Waals surface area contributed by atoms with Gasteiger partial charge in [0.05, 0.1) is 12.3 Å². The topological polar surface area (TPSA) is 141 Å². The number of ether oxygens (including phenoxy) is 1. The summed E-state index contributed by atoms with van der Waals surface area (Å²) >= 11 is 0. The van der Waals surface area contributed by atoms with Crippen molar-refractivity contribution in [2.75, 3.05) is 5.73 Å². The number of nitrogen functional groups attached to an aromatic ring is 1. The number of aromatic amines is 1. The first-order chi connectivity index (χ1) is 16.2. The Morgan fingerprint density at radius 1 is 1.12 bits per heavy atom. The fourth-order valence-corrected chi connectivity index (χ4v) is 4.95. The average molecular weight is 465 g/mol. The fourth-order valence-electron chi connectivity index (χ4n) is 4.95. The van der Waals surface area contributed by atoms with Crippen molar-refractivity contribution in [1.29, 1.82) is 0 Å². The second-order valence-electron chi connectivity index (χ2n) is 9.59. The Balaban J connectivity index is 1.30. The van der Waals surface area contributed by atoms with Crippen LogP contribution < -0.4 is 21.9 Å². The van der Waals surface area contributed by atoms with Crippen molar-refractivity contribution in [3.05, 3.63) is 62.3 Å². The molecule has 3 N–H and O–H groups in total. The second-order valence-corrected chi connectivity index (χ2v) is 9.59. The molecular weight excluding hydrogens is 436 g/mol. The van der Waals surface area contributed by atoms with Crippen molar-refractivity contribution in [2.45, 2.75) is 64.5 Å². The number of anilines is 1. The molecular formula is C24H28N6O4. The molecule has 0 saturated heterocycles. The van der Waals surface area contributed by atoms with E-state index >= 15 is 0 Å². The second kappa shape index (κ2) is 8.27. The minimum absolute atomic E-state index is 0.310. The van der Waals surface area contributed by atoms with Crippen LogP contribution in [0.4, 0.5) is 11.5 Å². The number of hydrogen-bond acceptors (Lipinski definition) is 8. The van der Waals surface area contributed by atoms with Crippen LogP contribution in [-0.4, -0.2) is 31.0 Å². The molecule has 1 fully saturated rings. The Morgan fingerprint density at radius 2 is 1.82 bits per heavy atom. The monoisotopic (exact) mass is 464 g/mol. The number of aryl methyl sites for hydroxylation is 1. The molecule has 10 heteroatoms. The third kappa shape index (κ3) is 4.15. The first kappa shape index (κ1) is 22.1. The molecule has 178 valence electrons. The van der Waals surface area contributed by atoms with E-state index in [9.17, 15) is 9.59 Å². The van der Waals surface area contributed by atoms with E-state index in [0.717, 1.165) is 41.7 Å². The van der Waals surface area contributed by atoms with Crippen molar-refractivity contribution in [3.8, 4) is 5.88 Å². The van der Waals surface area contributed by atoms with Gasteiger partial charge in [0.25, 0.3) is 0 Å². The van der Waals surface area contributed by atoms with E-state index in [0.29, 0.717) is 41.6 Å². The van der Waals surface area contributed by atoms with Gasteiger partial charge in [-0.1, -0.05) is 24.3 Å². The molecule has 0 atom stereocenters. The Hall–Kier alpha value is -3.69. The highest BCUT2D eigenvalue weighted by atomic mass is 16.5. The van der Waals surface area contributed by atoms with Gasteiger partial charge < -0.3 is 15.0 Å². The van der Waals surface area contributed by atoms with Gasteiger partial charge in [0.1, 0.15) is 11.4 Å². The Labute approximate surface area is 195 Å². The summed E-state index contributed by atoms with van der Waals surface area (Å²) in [5, 5.41) is 0. The molecule has 0 bridgehead atoms. The summed E-state index contributed by atoms with van der Waals surface area (Å²) in [5.74, 6) is 1.33. The molecule has 1 aliphatic heterocycles. The smallest absolute Gasteiger partial charge is 0.440 e. The zero-order valence-corrected chi connectivity index (χ0v) is 19.5. The van der Waals surface area contributed by atoms with Gasteiger partial charge in [-0.05, 0) is 63.9 Å². The van der Waals surface area contributed by atoms with Gasteiger partial charge in [0.15, 0.2) is 11.5 Å². The van der Waals surface area contributed by atoms with Crippen LogP contribution in [0.1, 0.15) is 62.4 Å². The predicted octanol–water partition coefficient (Wildman–Crippen LogP) is 3.08. The lowest BCUT2D eigenvalue weighted by atomic mass is 9.78. The molecule has 1 aliphatic carbocycles. The van der Waals surface area contributed by atoms with Crippen molar-refractivity contribution in [3.63, 3.8) is 0 Å². The third-order valence-corrected chi connectivity index (χ3v) is 6.69. The van der Waals surface area contributed by atoms with Gasteiger partial charge in [-0.25, -0.2) is 24.5 Å². The Morgan fingerprint density at radius 3 is 2.47 bits per heavy atom. The maximum absolute atomic E-state index is 11.7. The minimum atomic E-state index is -0.705. The maximum Gasteiger partial charge on any atom is 0.440 e. The van der Waals surface area contributed by atoms with Crippen molar-refractivity contribution in [2.24, 2.45) is 10.9 Å². The summed E-state index contributed by atoms with van der Waals surface area (Å²) in [6, 6.07) is 8.46. The largest absolute Gasteiger partial charge is 0.463 e. The molecule has 0 amide bonds. The zero-order chi connectivity index (χ0) is 24.0. The normalized spacial score (nSPS) is 21.4. The van der Waals surface area contributed by atoms with E-state index < -0.39 is 17.0 Å². The summed E-state index contributed by atoms with van der Waals surface area (Å²) in [6.07, 6.45) is 3.97. The van der Waals surface area contributed by atoms with Crippen LogP contribution in [-0.2, 0) is 6.54 Å². The molecule has 2 aliphatic rings. The minimum Gasteiger partial charge on any atom is -0.463 e. The van der Waals surface area contributed by atoms with E-state index in [2.05, 4.69) is 39.2 Å². The molecule has 10 nitrogen and oxygen atoms in total. The Kier molecular flexibility index (Phi) is 5.38. The highest BCUT2D eigenvalue weighted by Crippen LogP contribution is 2.40.